The van der Waals surface area contributed by atoms with E-state index in [1.54, 1.807) is 13.3 Å². The molecule has 5 rings (SSSR count). The lowest BCUT2D eigenvalue weighted by molar-refractivity contribution is -0.144. The Balaban J connectivity index is 1.33. The summed E-state index contributed by atoms with van der Waals surface area (Å²) >= 11 is 0. The number of nitrogens with zero attached hydrogens (tertiary/aromatic N) is 3. The maximum Gasteiger partial charge on any atom is 0.102 e. The van der Waals surface area contributed by atoms with Crippen molar-refractivity contribution in [2.75, 3.05) is 20.8 Å². The third-order valence-electron chi connectivity index (χ3n) is 11.0. The van der Waals surface area contributed by atoms with E-state index in [4.69, 9.17) is 9.47 Å². The van der Waals surface area contributed by atoms with Gasteiger partial charge in [0.2, 0.25) is 0 Å². The molecule has 0 saturated heterocycles. The average Bonchev–Trinajstić information content (AvgIpc) is 3.42. The number of ether oxygens (including phenoxy) is 2. The molecule has 0 bridgehead atoms. The molecule has 1 aromatic rings. The van der Waals surface area contributed by atoms with E-state index < -0.39 is 5.60 Å². The number of hydrogen-bond acceptors (Lipinski definition) is 5. The zero-order chi connectivity index (χ0) is 24.1. The van der Waals surface area contributed by atoms with E-state index in [1.807, 2.05) is 18.0 Å². The van der Waals surface area contributed by atoms with Gasteiger partial charge in [0.05, 0.1) is 36.1 Å². The molecule has 0 aromatic carbocycles. The van der Waals surface area contributed by atoms with Crippen molar-refractivity contribution in [3.05, 3.63) is 18.0 Å². The molecule has 0 radical (unpaired) electrons. The van der Waals surface area contributed by atoms with Crippen molar-refractivity contribution >= 4 is 0 Å². The van der Waals surface area contributed by atoms with Gasteiger partial charge < -0.3 is 14.6 Å². The van der Waals surface area contributed by atoms with E-state index >= 15 is 0 Å². The van der Waals surface area contributed by atoms with Gasteiger partial charge in [0.25, 0.3) is 0 Å². The molecule has 9 atom stereocenters. The molecule has 1 N–H and O–H groups in total. The summed E-state index contributed by atoms with van der Waals surface area (Å²) in [6.45, 7) is 5.99. The second-order valence-corrected chi connectivity index (χ2v) is 12.6. The molecule has 0 spiro atoms. The van der Waals surface area contributed by atoms with Crippen LogP contribution in [-0.2, 0) is 16.0 Å². The van der Waals surface area contributed by atoms with Crippen LogP contribution in [0.3, 0.4) is 0 Å². The Morgan fingerprint density at radius 2 is 1.94 bits per heavy atom. The molecule has 34 heavy (non-hydrogen) atoms. The number of rotatable bonds is 6. The van der Waals surface area contributed by atoms with Gasteiger partial charge in [-0.2, -0.15) is 10.4 Å². The van der Waals surface area contributed by atoms with Crippen LogP contribution in [0.2, 0.25) is 0 Å². The molecule has 0 amide bonds. The first-order chi connectivity index (χ1) is 16.2. The SMILES string of the molecule is COC[C@@]1(O)CC[C@H]2[C@H](CC[C@@H]3[C@@H]2CC[C@]2(C)C([C@@](C)(Cn4cc(C#N)cn4)OC)CC[C@@H]32)C1. The van der Waals surface area contributed by atoms with Crippen LogP contribution in [0.15, 0.2) is 12.4 Å². The van der Waals surface area contributed by atoms with Crippen molar-refractivity contribution < 1.29 is 14.6 Å². The Kier molecular flexibility index (Phi) is 6.36. The minimum Gasteiger partial charge on any atom is -0.387 e. The first kappa shape index (κ1) is 24.3. The van der Waals surface area contributed by atoms with Gasteiger partial charge in [-0.15, -0.1) is 0 Å². The van der Waals surface area contributed by atoms with E-state index in [0.29, 0.717) is 30.6 Å². The monoisotopic (exact) mass is 469 g/mol. The minimum atomic E-state index is -0.609. The van der Waals surface area contributed by atoms with Gasteiger partial charge in [-0.05, 0) is 106 Å². The minimum absolute atomic E-state index is 0.287. The van der Waals surface area contributed by atoms with Gasteiger partial charge in [0, 0.05) is 20.4 Å². The van der Waals surface area contributed by atoms with Crippen LogP contribution < -0.4 is 0 Å². The summed E-state index contributed by atoms with van der Waals surface area (Å²) in [5.74, 6) is 4.33. The summed E-state index contributed by atoms with van der Waals surface area (Å²) in [6, 6.07) is 2.19. The molecule has 0 aliphatic heterocycles. The number of hydrogen-bond donors (Lipinski definition) is 1. The molecule has 1 heterocycles. The van der Waals surface area contributed by atoms with Gasteiger partial charge in [-0.1, -0.05) is 6.92 Å². The maximum absolute atomic E-state index is 11.0. The van der Waals surface area contributed by atoms with Crippen LogP contribution in [0.25, 0.3) is 0 Å². The van der Waals surface area contributed by atoms with Gasteiger partial charge in [0.1, 0.15) is 6.07 Å². The van der Waals surface area contributed by atoms with Crippen LogP contribution >= 0.6 is 0 Å². The highest BCUT2D eigenvalue weighted by Gasteiger charge is 2.61. The zero-order valence-corrected chi connectivity index (χ0v) is 21.5. The van der Waals surface area contributed by atoms with Gasteiger partial charge in [-0.3, -0.25) is 4.68 Å². The largest absolute Gasteiger partial charge is 0.387 e. The Morgan fingerprint density at radius 3 is 2.65 bits per heavy atom. The molecule has 188 valence electrons. The molecule has 6 heteroatoms. The summed E-state index contributed by atoms with van der Waals surface area (Å²) in [7, 11) is 3.56. The van der Waals surface area contributed by atoms with E-state index in [9.17, 15) is 10.4 Å². The second kappa shape index (κ2) is 8.91. The Bertz CT molecular complexity index is 926. The van der Waals surface area contributed by atoms with Gasteiger partial charge >= 0.3 is 0 Å². The summed E-state index contributed by atoms with van der Waals surface area (Å²) in [5.41, 5.74) is -0.0118. The van der Waals surface area contributed by atoms with Crippen LogP contribution in [-0.4, -0.2) is 46.9 Å². The summed E-state index contributed by atoms with van der Waals surface area (Å²) in [5, 5.41) is 24.7. The Labute approximate surface area is 205 Å². The fraction of sp³-hybridized carbons (Fsp3) is 0.857. The van der Waals surface area contributed by atoms with Crippen molar-refractivity contribution in [3.8, 4) is 6.07 Å². The highest BCUT2D eigenvalue weighted by Crippen LogP contribution is 2.66. The van der Waals surface area contributed by atoms with Crippen molar-refractivity contribution in [1.82, 2.24) is 9.78 Å². The van der Waals surface area contributed by atoms with Crippen LogP contribution in [0.4, 0.5) is 0 Å². The fourth-order valence-corrected chi connectivity index (χ4v) is 9.51. The highest BCUT2D eigenvalue weighted by molar-refractivity contribution is 5.22. The lowest BCUT2D eigenvalue weighted by Crippen LogP contribution is -2.54. The van der Waals surface area contributed by atoms with Crippen molar-refractivity contribution in [1.29, 1.82) is 5.26 Å². The molecule has 1 unspecified atom stereocenters. The molecule has 4 aliphatic carbocycles. The van der Waals surface area contributed by atoms with E-state index in [-0.39, 0.29) is 11.0 Å². The molecule has 4 saturated carbocycles. The molecular weight excluding hydrogens is 426 g/mol. The average molecular weight is 470 g/mol. The maximum atomic E-state index is 11.0. The second-order valence-electron chi connectivity index (χ2n) is 12.6. The third kappa shape index (κ3) is 3.92. The lowest BCUT2D eigenvalue weighted by Gasteiger charge is -2.58. The van der Waals surface area contributed by atoms with Crippen molar-refractivity contribution in [2.45, 2.75) is 89.4 Å². The number of methoxy groups -OCH3 is 2. The van der Waals surface area contributed by atoms with Crippen LogP contribution in [0.5, 0.6) is 0 Å². The lowest BCUT2D eigenvalue weighted by atomic mass is 9.48. The molecular formula is C28H43N3O3. The van der Waals surface area contributed by atoms with E-state index in [0.717, 1.165) is 42.9 Å². The van der Waals surface area contributed by atoms with Crippen LogP contribution in [0, 0.1) is 52.3 Å². The number of aromatic nitrogens is 2. The number of fused-ring (bicyclic) bond motifs is 5. The standard InChI is InChI=1S/C28H43N3O3/c1-26-11-9-22-21-10-12-28(32,18-33-3)13-20(21)5-6-23(22)24(26)7-8-25(26)27(2,34-4)17-31-16-19(14-29)15-30-31/h15-16,20-25,32H,5-13,17-18H2,1-4H3/t20-,21+,22-,23-,24+,25?,26+,27-,28-/m1/s1. The molecule has 1 aromatic heterocycles. The quantitative estimate of drug-likeness (QED) is 0.647. The zero-order valence-electron chi connectivity index (χ0n) is 21.5. The first-order valence-electron chi connectivity index (χ1n) is 13.4. The normalized spacial score (nSPS) is 43.3. The van der Waals surface area contributed by atoms with Gasteiger partial charge in [0.15, 0.2) is 0 Å². The molecule has 6 nitrogen and oxygen atoms in total. The number of aliphatic hydroxyl groups is 1. The third-order valence-corrected chi connectivity index (χ3v) is 11.0. The predicted octanol–water partition coefficient (Wildman–Crippen LogP) is 4.81. The topological polar surface area (TPSA) is 80.3 Å². The van der Waals surface area contributed by atoms with E-state index in [1.165, 1.54) is 38.5 Å². The summed E-state index contributed by atoms with van der Waals surface area (Å²) in [6.07, 6.45) is 14.2. The van der Waals surface area contributed by atoms with Crippen molar-refractivity contribution in [2.24, 2.45) is 40.9 Å². The molecule has 4 aliphatic rings. The summed E-state index contributed by atoms with van der Waals surface area (Å²) < 4.78 is 13.5. The summed E-state index contributed by atoms with van der Waals surface area (Å²) in [4.78, 5) is 0. The fourth-order valence-electron chi connectivity index (χ4n) is 9.51. The Hall–Kier alpha value is -1.42. The van der Waals surface area contributed by atoms with E-state index in [2.05, 4.69) is 25.0 Å². The highest BCUT2D eigenvalue weighted by atomic mass is 16.5. The van der Waals surface area contributed by atoms with Crippen LogP contribution in [0.1, 0.15) is 77.2 Å². The first-order valence-corrected chi connectivity index (χ1v) is 13.4. The number of nitriles is 1. The van der Waals surface area contributed by atoms with Crippen molar-refractivity contribution in [3.63, 3.8) is 0 Å². The smallest absolute Gasteiger partial charge is 0.102 e. The Morgan fingerprint density at radius 1 is 1.15 bits per heavy atom. The molecule has 4 fully saturated rings. The predicted molar refractivity (Wildman–Crippen MR) is 130 cm³/mol. The van der Waals surface area contributed by atoms with Gasteiger partial charge in [-0.25, -0.2) is 0 Å².